The van der Waals surface area contributed by atoms with Crippen LogP contribution in [0.1, 0.15) is 36.8 Å². The monoisotopic (exact) mass is 378 g/mol. The largest absolute Gasteiger partial charge is 0.372 e. The van der Waals surface area contributed by atoms with E-state index in [4.69, 9.17) is 4.74 Å². The summed E-state index contributed by atoms with van der Waals surface area (Å²) in [5.74, 6) is -2.95. The lowest BCUT2D eigenvalue weighted by molar-refractivity contribution is -0.150. The maximum Gasteiger partial charge on any atom is 0.249 e. The quantitative estimate of drug-likeness (QED) is 0.827. The second-order valence-corrected chi connectivity index (χ2v) is 8.57. The fraction of sp³-hybridized carbons (Fsp3) is 0.667. The molecule has 27 heavy (non-hydrogen) atoms. The molecule has 2 heterocycles. The molecule has 3 aliphatic rings. The Morgan fingerprint density at radius 2 is 1.96 bits per heavy atom. The van der Waals surface area contributed by atoms with Gasteiger partial charge < -0.3 is 10.1 Å². The van der Waals surface area contributed by atoms with Crippen molar-refractivity contribution in [2.24, 2.45) is 11.8 Å². The van der Waals surface area contributed by atoms with E-state index in [-0.39, 0.29) is 24.3 Å². The number of likely N-dealkylation sites (tertiary alicyclic amines) is 1. The van der Waals surface area contributed by atoms with Crippen molar-refractivity contribution in [3.63, 3.8) is 0 Å². The van der Waals surface area contributed by atoms with Gasteiger partial charge in [-0.2, -0.15) is 0 Å². The van der Waals surface area contributed by atoms with Gasteiger partial charge in [0.05, 0.1) is 5.60 Å². The van der Waals surface area contributed by atoms with Crippen LogP contribution in [0.5, 0.6) is 0 Å². The Kier molecular flexibility index (Phi) is 4.97. The predicted molar refractivity (Wildman–Crippen MR) is 98.5 cm³/mol. The van der Waals surface area contributed by atoms with Crippen LogP contribution in [0.2, 0.25) is 0 Å². The highest BCUT2D eigenvalue weighted by atomic mass is 19.3. The van der Waals surface area contributed by atoms with Crippen molar-refractivity contribution in [2.45, 2.75) is 50.7 Å². The topological polar surface area (TPSA) is 41.6 Å². The molecule has 0 radical (unpaired) electrons. The number of nitrogens with zero attached hydrogens (tertiary/aromatic N) is 1. The molecule has 4 rings (SSSR count). The Morgan fingerprint density at radius 3 is 2.63 bits per heavy atom. The molecular weight excluding hydrogens is 350 g/mol. The van der Waals surface area contributed by atoms with Crippen molar-refractivity contribution >= 4 is 5.91 Å². The highest BCUT2D eigenvalue weighted by molar-refractivity contribution is 5.79. The summed E-state index contributed by atoms with van der Waals surface area (Å²) >= 11 is 0. The molecule has 1 aromatic rings. The molecular formula is C21H28F2N2O2. The molecule has 1 aromatic carbocycles. The van der Waals surface area contributed by atoms with Gasteiger partial charge in [0, 0.05) is 51.5 Å². The van der Waals surface area contributed by atoms with Gasteiger partial charge in [-0.05, 0) is 31.2 Å². The molecule has 3 fully saturated rings. The molecule has 1 saturated carbocycles. The summed E-state index contributed by atoms with van der Waals surface area (Å²) in [6, 6.07) is 8.63. The molecule has 0 bridgehead atoms. The van der Waals surface area contributed by atoms with E-state index in [1.54, 1.807) is 0 Å². The minimum atomic E-state index is -2.64. The van der Waals surface area contributed by atoms with Crippen LogP contribution < -0.4 is 5.32 Å². The molecule has 1 spiro atoms. The highest BCUT2D eigenvalue weighted by Gasteiger charge is 2.52. The van der Waals surface area contributed by atoms with Crippen LogP contribution in [0.25, 0.3) is 0 Å². The molecule has 2 saturated heterocycles. The standard InChI is InChI=1S/C21H28F2N2O2/c1-15-2-4-16(5-3-15)12-25-13-20(14-25)18(7-9-27-20)6-8-24-19(26)17-10-21(22,23)11-17/h2-5,17-18H,6-14H2,1H3,(H,24,26)/t18-/m1/s1. The number of ether oxygens (including phenoxy) is 1. The van der Waals surface area contributed by atoms with E-state index in [0.717, 1.165) is 39.1 Å². The lowest BCUT2D eigenvalue weighted by Crippen LogP contribution is -2.64. The van der Waals surface area contributed by atoms with Gasteiger partial charge in [-0.3, -0.25) is 9.69 Å². The number of amides is 1. The summed E-state index contributed by atoms with van der Waals surface area (Å²) in [4.78, 5) is 14.3. The summed E-state index contributed by atoms with van der Waals surface area (Å²) in [5.41, 5.74) is 2.50. The zero-order valence-corrected chi connectivity index (χ0v) is 15.8. The van der Waals surface area contributed by atoms with Crippen LogP contribution in [0.15, 0.2) is 24.3 Å². The minimum absolute atomic E-state index is 0.0844. The Bertz CT molecular complexity index is 678. The van der Waals surface area contributed by atoms with E-state index in [0.29, 0.717) is 12.5 Å². The molecule has 1 N–H and O–H groups in total. The average Bonchev–Trinajstić information content (AvgIpc) is 2.98. The fourth-order valence-corrected chi connectivity index (χ4v) is 4.68. The number of hydrogen-bond donors (Lipinski definition) is 1. The fourth-order valence-electron chi connectivity index (χ4n) is 4.68. The van der Waals surface area contributed by atoms with Crippen molar-refractivity contribution in [3.8, 4) is 0 Å². The normalized spacial score (nSPS) is 26.6. The third-order valence-electron chi connectivity index (χ3n) is 6.36. The molecule has 1 aliphatic carbocycles. The van der Waals surface area contributed by atoms with Crippen LogP contribution in [-0.4, -0.2) is 48.6 Å². The number of alkyl halides is 2. The van der Waals surface area contributed by atoms with Crippen LogP contribution in [0, 0.1) is 18.8 Å². The Balaban J connectivity index is 1.21. The first kappa shape index (κ1) is 18.8. The van der Waals surface area contributed by atoms with Gasteiger partial charge in [-0.25, -0.2) is 8.78 Å². The second kappa shape index (κ2) is 7.13. The first-order valence-corrected chi connectivity index (χ1v) is 9.93. The van der Waals surface area contributed by atoms with Gasteiger partial charge in [0.15, 0.2) is 0 Å². The van der Waals surface area contributed by atoms with Gasteiger partial charge in [0.2, 0.25) is 11.8 Å². The molecule has 0 aromatic heterocycles. The lowest BCUT2D eigenvalue weighted by Gasteiger charge is -2.50. The number of carbonyl (C=O) groups excluding carboxylic acids is 1. The summed E-state index contributed by atoms with van der Waals surface area (Å²) in [5, 5.41) is 2.85. The third kappa shape index (κ3) is 4.02. The van der Waals surface area contributed by atoms with Gasteiger partial charge in [0.25, 0.3) is 0 Å². The molecule has 148 valence electrons. The van der Waals surface area contributed by atoms with Crippen molar-refractivity contribution in [1.29, 1.82) is 0 Å². The van der Waals surface area contributed by atoms with E-state index in [2.05, 4.69) is 41.4 Å². The number of carbonyl (C=O) groups is 1. The number of halogens is 2. The van der Waals surface area contributed by atoms with Crippen molar-refractivity contribution < 1.29 is 18.3 Å². The van der Waals surface area contributed by atoms with Crippen molar-refractivity contribution in [1.82, 2.24) is 10.2 Å². The SMILES string of the molecule is Cc1ccc(CN2CC3(C2)OCC[C@H]3CCNC(=O)C2CC(F)(F)C2)cc1. The van der Waals surface area contributed by atoms with Gasteiger partial charge in [0.1, 0.15) is 0 Å². The molecule has 0 unspecified atom stereocenters. The summed E-state index contributed by atoms with van der Waals surface area (Å²) < 4.78 is 31.9. The number of hydrogen-bond acceptors (Lipinski definition) is 3. The summed E-state index contributed by atoms with van der Waals surface area (Å²) in [6.07, 6.45) is 1.26. The maximum absolute atomic E-state index is 12.9. The van der Waals surface area contributed by atoms with E-state index in [9.17, 15) is 13.6 Å². The third-order valence-corrected chi connectivity index (χ3v) is 6.36. The second-order valence-electron chi connectivity index (χ2n) is 8.57. The molecule has 6 heteroatoms. The summed E-state index contributed by atoms with van der Waals surface area (Å²) in [6.45, 7) is 6.20. The lowest BCUT2D eigenvalue weighted by atomic mass is 9.78. The number of nitrogens with one attached hydrogen (secondary N) is 1. The van der Waals surface area contributed by atoms with Gasteiger partial charge >= 0.3 is 0 Å². The van der Waals surface area contributed by atoms with Crippen LogP contribution in [0.3, 0.4) is 0 Å². The zero-order valence-electron chi connectivity index (χ0n) is 15.8. The van der Waals surface area contributed by atoms with Crippen molar-refractivity contribution in [2.75, 3.05) is 26.2 Å². The number of benzene rings is 1. The Morgan fingerprint density at radius 1 is 1.26 bits per heavy atom. The number of rotatable bonds is 6. The van der Waals surface area contributed by atoms with E-state index in [1.165, 1.54) is 11.1 Å². The molecule has 1 atom stereocenters. The smallest absolute Gasteiger partial charge is 0.249 e. The van der Waals surface area contributed by atoms with E-state index >= 15 is 0 Å². The minimum Gasteiger partial charge on any atom is -0.372 e. The predicted octanol–water partition coefficient (Wildman–Crippen LogP) is 3.14. The van der Waals surface area contributed by atoms with E-state index < -0.39 is 11.8 Å². The maximum atomic E-state index is 12.9. The van der Waals surface area contributed by atoms with Crippen molar-refractivity contribution in [3.05, 3.63) is 35.4 Å². The Hall–Kier alpha value is -1.53. The highest BCUT2D eigenvalue weighted by Crippen LogP contribution is 2.43. The number of aryl methyl sites for hydroxylation is 1. The molecule has 1 amide bonds. The van der Waals surface area contributed by atoms with Crippen LogP contribution in [-0.2, 0) is 16.1 Å². The van der Waals surface area contributed by atoms with E-state index in [1.807, 2.05) is 0 Å². The first-order chi connectivity index (χ1) is 12.9. The average molecular weight is 378 g/mol. The van der Waals surface area contributed by atoms with Gasteiger partial charge in [-0.1, -0.05) is 29.8 Å². The Labute approximate surface area is 159 Å². The van der Waals surface area contributed by atoms with Gasteiger partial charge in [-0.15, -0.1) is 0 Å². The zero-order chi connectivity index (χ0) is 19.1. The first-order valence-electron chi connectivity index (χ1n) is 9.93. The molecule has 4 nitrogen and oxygen atoms in total. The van der Waals surface area contributed by atoms with Crippen LogP contribution >= 0.6 is 0 Å². The van der Waals surface area contributed by atoms with Crippen LogP contribution in [0.4, 0.5) is 8.78 Å². The molecule has 2 aliphatic heterocycles. The summed E-state index contributed by atoms with van der Waals surface area (Å²) in [7, 11) is 0.